The van der Waals surface area contributed by atoms with Crippen LogP contribution in [0.25, 0.3) is 0 Å². The van der Waals surface area contributed by atoms with Crippen molar-refractivity contribution in [2.45, 2.75) is 32.1 Å². The molecule has 0 radical (unpaired) electrons. The van der Waals surface area contributed by atoms with Gasteiger partial charge in [0.2, 0.25) is 0 Å². The number of nitrogens with zero attached hydrogens (tertiary/aromatic N) is 1. The topological polar surface area (TPSA) is 12.5 Å². The van der Waals surface area contributed by atoms with Gasteiger partial charge in [-0.1, -0.05) is 12.5 Å². The molecule has 1 spiro atoms. The molecule has 17 heavy (non-hydrogen) atoms. The van der Waals surface area contributed by atoms with E-state index in [4.69, 9.17) is 4.74 Å². The fraction of sp³-hybridized carbons (Fsp3) is 0.467. The van der Waals surface area contributed by atoms with Gasteiger partial charge in [-0.15, -0.1) is 0 Å². The van der Waals surface area contributed by atoms with E-state index in [9.17, 15) is 0 Å². The van der Waals surface area contributed by atoms with Gasteiger partial charge in [-0.05, 0) is 43.4 Å². The van der Waals surface area contributed by atoms with E-state index in [1.807, 2.05) is 0 Å². The number of fused-ring (bicyclic) bond motifs is 1. The molecule has 0 N–H and O–H groups in total. The van der Waals surface area contributed by atoms with Crippen LogP contribution in [0, 0.1) is 5.41 Å². The minimum atomic E-state index is 0.263. The van der Waals surface area contributed by atoms with Gasteiger partial charge in [0.1, 0.15) is 5.76 Å². The van der Waals surface area contributed by atoms with E-state index in [-0.39, 0.29) is 5.41 Å². The highest BCUT2D eigenvalue weighted by Crippen LogP contribution is 2.56. The van der Waals surface area contributed by atoms with Gasteiger partial charge in [-0.2, -0.15) is 0 Å². The molecule has 1 unspecified atom stereocenters. The van der Waals surface area contributed by atoms with Crippen molar-refractivity contribution in [3.8, 4) is 0 Å². The van der Waals surface area contributed by atoms with Crippen LogP contribution in [0.1, 0.15) is 32.1 Å². The Kier molecular flexibility index (Phi) is 1.85. The van der Waals surface area contributed by atoms with Gasteiger partial charge in [0.05, 0.1) is 17.7 Å². The Labute approximate surface area is 102 Å². The maximum absolute atomic E-state index is 6.00. The smallest absolute Gasteiger partial charge is 0.130 e. The second-order valence-electron chi connectivity index (χ2n) is 5.36. The first kappa shape index (κ1) is 9.58. The molecule has 2 heteroatoms. The van der Waals surface area contributed by atoms with Gasteiger partial charge < -0.3 is 9.64 Å². The van der Waals surface area contributed by atoms with Crippen LogP contribution in [0.5, 0.6) is 0 Å². The second kappa shape index (κ2) is 3.28. The Hall–Kier alpha value is -1.44. The van der Waals surface area contributed by atoms with Gasteiger partial charge >= 0.3 is 0 Å². The van der Waals surface area contributed by atoms with Crippen LogP contribution in [0.15, 0.2) is 47.7 Å². The standard InChI is InChI=1S/C15H17NO/c1-3-7-15-8-10-17-14(15)13-6-2-4-9-16(13)11-12(15)5-1/h2,4,6,9,11H,1,3,5,7-8,10H2. The van der Waals surface area contributed by atoms with Crippen LogP contribution in [-0.2, 0) is 4.74 Å². The first-order valence-electron chi connectivity index (χ1n) is 6.62. The van der Waals surface area contributed by atoms with Crippen LogP contribution in [0.4, 0.5) is 0 Å². The van der Waals surface area contributed by atoms with E-state index in [2.05, 4.69) is 35.5 Å². The highest BCUT2D eigenvalue weighted by molar-refractivity contribution is 5.44. The molecule has 0 aromatic carbocycles. The van der Waals surface area contributed by atoms with E-state index in [0.29, 0.717) is 0 Å². The first-order valence-corrected chi connectivity index (χ1v) is 6.62. The molecule has 88 valence electrons. The molecule has 0 amide bonds. The van der Waals surface area contributed by atoms with Gasteiger partial charge in [-0.3, -0.25) is 0 Å². The third kappa shape index (κ3) is 1.16. The summed E-state index contributed by atoms with van der Waals surface area (Å²) in [7, 11) is 0. The van der Waals surface area contributed by atoms with Gasteiger partial charge in [0, 0.05) is 12.4 Å². The number of ether oxygens (including phenoxy) is 1. The summed E-state index contributed by atoms with van der Waals surface area (Å²) in [6, 6.07) is 0. The van der Waals surface area contributed by atoms with Crippen LogP contribution in [0.2, 0.25) is 0 Å². The van der Waals surface area contributed by atoms with Crippen molar-refractivity contribution < 1.29 is 4.74 Å². The van der Waals surface area contributed by atoms with Crippen molar-refractivity contribution in [2.75, 3.05) is 6.61 Å². The summed E-state index contributed by atoms with van der Waals surface area (Å²) in [5, 5.41) is 0. The summed E-state index contributed by atoms with van der Waals surface area (Å²) in [4.78, 5) is 2.24. The molecule has 2 nitrogen and oxygen atoms in total. The van der Waals surface area contributed by atoms with Crippen molar-refractivity contribution >= 4 is 0 Å². The Morgan fingerprint density at radius 3 is 3.18 bits per heavy atom. The van der Waals surface area contributed by atoms with Crippen molar-refractivity contribution in [1.82, 2.24) is 4.90 Å². The minimum Gasteiger partial charge on any atom is -0.495 e. The van der Waals surface area contributed by atoms with E-state index >= 15 is 0 Å². The highest BCUT2D eigenvalue weighted by atomic mass is 16.5. The number of hydrogen-bond acceptors (Lipinski definition) is 2. The third-order valence-corrected chi connectivity index (χ3v) is 4.54. The predicted octanol–water partition coefficient (Wildman–Crippen LogP) is 3.46. The lowest BCUT2D eigenvalue weighted by molar-refractivity contribution is 0.219. The Morgan fingerprint density at radius 2 is 2.18 bits per heavy atom. The molecule has 2 fully saturated rings. The Balaban J connectivity index is 1.90. The fourth-order valence-corrected chi connectivity index (χ4v) is 3.70. The molecule has 0 aromatic rings. The van der Waals surface area contributed by atoms with Crippen LogP contribution < -0.4 is 0 Å². The van der Waals surface area contributed by atoms with Crippen molar-refractivity contribution in [3.05, 3.63) is 47.7 Å². The summed E-state index contributed by atoms with van der Waals surface area (Å²) >= 11 is 0. The molecule has 3 heterocycles. The molecule has 1 saturated heterocycles. The number of rotatable bonds is 0. The molecule has 1 aliphatic carbocycles. The van der Waals surface area contributed by atoms with Gasteiger partial charge in [-0.25, -0.2) is 0 Å². The van der Waals surface area contributed by atoms with E-state index in [0.717, 1.165) is 6.61 Å². The zero-order chi connectivity index (χ0) is 11.3. The number of hydrogen-bond donors (Lipinski definition) is 0. The summed E-state index contributed by atoms with van der Waals surface area (Å²) < 4.78 is 6.00. The molecule has 0 aromatic heterocycles. The Morgan fingerprint density at radius 1 is 1.18 bits per heavy atom. The average Bonchev–Trinajstić information content (AvgIpc) is 2.80. The Bertz CT molecular complexity index is 483. The lowest BCUT2D eigenvalue weighted by Gasteiger charge is -2.42. The highest BCUT2D eigenvalue weighted by Gasteiger charge is 2.48. The summed E-state index contributed by atoms with van der Waals surface area (Å²) in [6.45, 7) is 0.890. The molecule has 1 saturated carbocycles. The van der Waals surface area contributed by atoms with Crippen molar-refractivity contribution in [3.63, 3.8) is 0 Å². The van der Waals surface area contributed by atoms with Crippen LogP contribution >= 0.6 is 0 Å². The van der Waals surface area contributed by atoms with Crippen LogP contribution in [0.3, 0.4) is 0 Å². The molecular weight excluding hydrogens is 210 g/mol. The predicted molar refractivity (Wildman–Crippen MR) is 66.7 cm³/mol. The third-order valence-electron chi connectivity index (χ3n) is 4.54. The maximum atomic E-state index is 6.00. The maximum Gasteiger partial charge on any atom is 0.130 e. The molecule has 3 aliphatic heterocycles. The molecular formula is C15H17NO. The largest absolute Gasteiger partial charge is 0.495 e. The summed E-state index contributed by atoms with van der Waals surface area (Å²) in [5.74, 6) is 1.25. The molecule has 4 aliphatic rings. The lowest BCUT2D eigenvalue weighted by atomic mass is 9.66. The summed E-state index contributed by atoms with van der Waals surface area (Å²) in [5.41, 5.74) is 3.12. The average molecular weight is 227 g/mol. The quantitative estimate of drug-likeness (QED) is 0.628. The van der Waals surface area contributed by atoms with E-state index in [1.54, 1.807) is 5.57 Å². The SMILES string of the molecule is C1=CC2=C3OCCC34CCCCC4=CN2C=C1. The first-order chi connectivity index (χ1) is 8.40. The summed E-state index contributed by atoms with van der Waals surface area (Å²) in [6.07, 6.45) is 17.3. The van der Waals surface area contributed by atoms with Gasteiger partial charge in [0.15, 0.2) is 0 Å². The minimum absolute atomic E-state index is 0.263. The van der Waals surface area contributed by atoms with Crippen molar-refractivity contribution in [2.24, 2.45) is 5.41 Å². The molecule has 4 rings (SSSR count). The molecule has 1 atom stereocenters. The fourth-order valence-electron chi connectivity index (χ4n) is 3.70. The van der Waals surface area contributed by atoms with Crippen molar-refractivity contribution in [1.29, 1.82) is 0 Å². The van der Waals surface area contributed by atoms with Crippen LogP contribution in [-0.4, -0.2) is 11.5 Å². The zero-order valence-electron chi connectivity index (χ0n) is 9.98. The normalized spacial score (nSPS) is 33.9. The van der Waals surface area contributed by atoms with E-state index in [1.165, 1.54) is 43.6 Å². The van der Waals surface area contributed by atoms with E-state index < -0.39 is 0 Å². The number of allylic oxidation sites excluding steroid dienone is 4. The van der Waals surface area contributed by atoms with Gasteiger partial charge in [0.25, 0.3) is 0 Å². The lowest BCUT2D eigenvalue weighted by Crippen LogP contribution is -2.33. The molecule has 0 bridgehead atoms. The second-order valence-corrected chi connectivity index (χ2v) is 5.36. The monoisotopic (exact) mass is 227 g/mol. The zero-order valence-corrected chi connectivity index (χ0v) is 9.98.